The number of anilines is 1. The van der Waals surface area contributed by atoms with Crippen molar-refractivity contribution in [3.63, 3.8) is 0 Å². The van der Waals surface area contributed by atoms with Gasteiger partial charge in [-0.1, -0.05) is 29.8 Å². The summed E-state index contributed by atoms with van der Waals surface area (Å²) in [6.45, 7) is 0.379. The Balaban J connectivity index is 1.75. The van der Waals surface area contributed by atoms with E-state index in [9.17, 15) is 9.59 Å². The van der Waals surface area contributed by atoms with Crippen LogP contribution in [0.3, 0.4) is 0 Å². The molecule has 0 bridgehead atoms. The van der Waals surface area contributed by atoms with Crippen molar-refractivity contribution in [2.45, 2.75) is 19.4 Å². The normalized spacial score (nSPS) is 13.6. The predicted molar refractivity (Wildman–Crippen MR) is 106 cm³/mol. The van der Waals surface area contributed by atoms with Crippen LogP contribution in [0.25, 0.3) is 11.1 Å². The molecule has 0 unspecified atom stereocenters. The van der Waals surface area contributed by atoms with Gasteiger partial charge in [0.25, 0.3) is 5.56 Å². The highest BCUT2D eigenvalue weighted by Crippen LogP contribution is 2.37. The van der Waals surface area contributed by atoms with Crippen LogP contribution in [0.4, 0.5) is 5.69 Å². The molecule has 6 heteroatoms. The van der Waals surface area contributed by atoms with E-state index in [1.54, 1.807) is 34.1 Å². The number of fused-ring (bicyclic) bond motifs is 1. The molecule has 0 saturated carbocycles. The summed E-state index contributed by atoms with van der Waals surface area (Å²) in [5.74, 6) is 0.115. The molecule has 0 N–H and O–H groups in total. The minimum atomic E-state index is -0.118. The molecular formula is C21H18ClN3O2. The van der Waals surface area contributed by atoms with Crippen molar-refractivity contribution in [3.8, 4) is 11.1 Å². The molecule has 1 amide bonds. The standard InChI is InChI=1S/C21H18ClN3O2/c1-24-19(26)7-5-15-3-2-4-18(21(15)24)16-9-14(10-23-11-16)12-25-13-17(22)6-8-20(25)27/h2-4,6,8-11,13H,5,7,12H2,1H3. The van der Waals surface area contributed by atoms with Crippen LogP contribution in [0.15, 0.2) is 59.8 Å². The van der Waals surface area contributed by atoms with Gasteiger partial charge in [0.15, 0.2) is 0 Å². The van der Waals surface area contributed by atoms with E-state index in [4.69, 9.17) is 11.6 Å². The molecule has 136 valence electrons. The van der Waals surface area contributed by atoms with E-state index in [1.807, 2.05) is 25.2 Å². The molecule has 0 radical (unpaired) electrons. The molecule has 3 heterocycles. The summed E-state index contributed by atoms with van der Waals surface area (Å²) in [6, 6.07) is 11.1. The van der Waals surface area contributed by atoms with Crippen molar-refractivity contribution >= 4 is 23.2 Å². The quantitative estimate of drug-likeness (QED) is 0.699. The monoisotopic (exact) mass is 379 g/mol. The third-order valence-corrected chi connectivity index (χ3v) is 5.07. The first-order valence-electron chi connectivity index (χ1n) is 8.71. The van der Waals surface area contributed by atoms with Crippen LogP contribution < -0.4 is 10.5 Å². The summed E-state index contributed by atoms with van der Waals surface area (Å²) in [5.41, 5.74) is 4.75. The molecule has 0 atom stereocenters. The van der Waals surface area contributed by atoms with E-state index in [2.05, 4.69) is 11.1 Å². The van der Waals surface area contributed by atoms with Crippen LogP contribution >= 0.6 is 11.6 Å². The summed E-state index contributed by atoms with van der Waals surface area (Å²) >= 11 is 6.01. The van der Waals surface area contributed by atoms with E-state index in [-0.39, 0.29) is 11.5 Å². The van der Waals surface area contributed by atoms with E-state index in [0.29, 0.717) is 18.0 Å². The zero-order valence-electron chi connectivity index (χ0n) is 14.9. The van der Waals surface area contributed by atoms with Crippen molar-refractivity contribution in [2.75, 3.05) is 11.9 Å². The first-order chi connectivity index (χ1) is 13.0. The highest BCUT2D eigenvalue weighted by atomic mass is 35.5. The lowest BCUT2D eigenvalue weighted by Gasteiger charge is -2.28. The number of pyridine rings is 2. The number of hydrogen-bond acceptors (Lipinski definition) is 3. The molecular weight excluding hydrogens is 362 g/mol. The number of para-hydroxylation sites is 1. The number of amides is 1. The Kier molecular flexibility index (Phi) is 4.54. The van der Waals surface area contributed by atoms with E-state index < -0.39 is 0 Å². The second-order valence-electron chi connectivity index (χ2n) is 6.66. The molecule has 1 aliphatic rings. The maximum atomic E-state index is 12.2. The number of halogens is 1. The Labute approximate surface area is 161 Å². The topological polar surface area (TPSA) is 55.2 Å². The van der Waals surface area contributed by atoms with E-state index >= 15 is 0 Å². The first kappa shape index (κ1) is 17.5. The van der Waals surface area contributed by atoms with Crippen molar-refractivity contribution in [1.82, 2.24) is 9.55 Å². The second kappa shape index (κ2) is 7.00. The molecule has 2 aromatic heterocycles. The maximum Gasteiger partial charge on any atom is 0.250 e. The minimum absolute atomic E-state index is 0.115. The van der Waals surface area contributed by atoms with Gasteiger partial charge in [-0.3, -0.25) is 14.6 Å². The van der Waals surface area contributed by atoms with Crippen LogP contribution in [-0.2, 0) is 17.8 Å². The Morgan fingerprint density at radius 2 is 1.96 bits per heavy atom. The van der Waals surface area contributed by atoms with Crippen LogP contribution in [-0.4, -0.2) is 22.5 Å². The molecule has 1 aromatic carbocycles. The molecule has 0 spiro atoms. The number of carbonyl (C=O) groups is 1. The Morgan fingerprint density at radius 1 is 1.11 bits per heavy atom. The third kappa shape index (κ3) is 3.38. The average molecular weight is 380 g/mol. The number of nitrogens with zero attached hydrogens (tertiary/aromatic N) is 3. The summed E-state index contributed by atoms with van der Waals surface area (Å²) in [6.07, 6.45) is 6.42. The highest BCUT2D eigenvalue weighted by Gasteiger charge is 2.24. The number of hydrogen-bond donors (Lipinski definition) is 0. The van der Waals surface area contributed by atoms with Gasteiger partial charge in [-0.2, -0.15) is 0 Å². The zero-order valence-corrected chi connectivity index (χ0v) is 15.6. The lowest BCUT2D eigenvalue weighted by molar-refractivity contribution is -0.118. The molecule has 5 nitrogen and oxygen atoms in total. The molecule has 0 aliphatic carbocycles. The van der Waals surface area contributed by atoms with Gasteiger partial charge in [-0.25, -0.2) is 0 Å². The second-order valence-corrected chi connectivity index (χ2v) is 7.10. The number of carbonyl (C=O) groups excluding carboxylic acids is 1. The highest BCUT2D eigenvalue weighted by molar-refractivity contribution is 6.30. The lowest BCUT2D eigenvalue weighted by Crippen LogP contribution is -2.31. The Hall–Kier alpha value is -2.92. The molecule has 3 aromatic rings. The smallest absolute Gasteiger partial charge is 0.250 e. The fourth-order valence-electron chi connectivity index (χ4n) is 3.50. The summed E-state index contributed by atoms with van der Waals surface area (Å²) in [4.78, 5) is 30.3. The molecule has 27 heavy (non-hydrogen) atoms. The van der Waals surface area contributed by atoms with Gasteiger partial charge in [-0.15, -0.1) is 0 Å². The summed E-state index contributed by atoms with van der Waals surface area (Å²) in [7, 11) is 1.81. The van der Waals surface area contributed by atoms with Crippen molar-refractivity contribution < 1.29 is 4.79 Å². The van der Waals surface area contributed by atoms with Gasteiger partial charge in [0.2, 0.25) is 5.91 Å². The number of benzene rings is 1. The van der Waals surface area contributed by atoms with E-state index in [0.717, 1.165) is 34.4 Å². The van der Waals surface area contributed by atoms with Gasteiger partial charge in [-0.05, 0) is 29.7 Å². The van der Waals surface area contributed by atoms with Crippen molar-refractivity contribution in [1.29, 1.82) is 0 Å². The zero-order chi connectivity index (χ0) is 19.0. The summed E-state index contributed by atoms with van der Waals surface area (Å²) < 4.78 is 1.55. The van der Waals surface area contributed by atoms with Crippen LogP contribution in [0.2, 0.25) is 5.02 Å². The molecule has 4 rings (SSSR count). The van der Waals surface area contributed by atoms with Gasteiger partial charge in [0.05, 0.1) is 17.3 Å². The predicted octanol–water partition coefficient (Wildman–Crippen LogP) is 3.52. The van der Waals surface area contributed by atoms with Crippen molar-refractivity contribution in [3.05, 3.63) is 81.5 Å². The van der Waals surface area contributed by atoms with Gasteiger partial charge in [0, 0.05) is 49.3 Å². The Bertz CT molecular complexity index is 1090. The van der Waals surface area contributed by atoms with Gasteiger partial charge >= 0.3 is 0 Å². The largest absolute Gasteiger partial charge is 0.315 e. The fourth-order valence-corrected chi connectivity index (χ4v) is 3.68. The van der Waals surface area contributed by atoms with Gasteiger partial charge in [0.1, 0.15) is 0 Å². The van der Waals surface area contributed by atoms with Crippen LogP contribution in [0.5, 0.6) is 0 Å². The lowest BCUT2D eigenvalue weighted by atomic mass is 9.94. The third-order valence-electron chi connectivity index (χ3n) is 4.84. The first-order valence-corrected chi connectivity index (χ1v) is 9.09. The number of aromatic nitrogens is 2. The van der Waals surface area contributed by atoms with Crippen LogP contribution in [0, 0.1) is 0 Å². The fraction of sp³-hybridized carbons (Fsp3) is 0.190. The number of aryl methyl sites for hydroxylation is 1. The Morgan fingerprint density at radius 3 is 2.81 bits per heavy atom. The maximum absolute atomic E-state index is 12.2. The summed E-state index contributed by atoms with van der Waals surface area (Å²) in [5, 5.41) is 0.510. The number of rotatable bonds is 3. The van der Waals surface area contributed by atoms with E-state index in [1.165, 1.54) is 6.07 Å². The van der Waals surface area contributed by atoms with Gasteiger partial charge < -0.3 is 9.47 Å². The molecule has 1 aliphatic heterocycles. The molecule has 0 saturated heterocycles. The minimum Gasteiger partial charge on any atom is -0.315 e. The SMILES string of the molecule is CN1C(=O)CCc2cccc(-c3cncc(Cn4cc(Cl)ccc4=O)c3)c21. The average Bonchev–Trinajstić information content (AvgIpc) is 2.67. The van der Waals surface area contributed by atoms with Crippen LogP contribution in [0.1, 0.15) is 17.5 Å². The molecule has 0 fully saturated rings. The van der Waals surface area contributed by atoms with Crippen molar-refractivity contribution in [2.24, 2.45) is 0 Å².